The van der Waals surface area contributed by atoms with Crippen LogP contribution in [0.5, 0.6) is 0 Å². The van der Waals surface area contributed by atoms with E-state index in [4.69, 9.17) is 0 Å². The molecule has 1 heterocycles. The van der Waals surface area contributed by atoms with Crippen molar-refractivity contribution in [3.63, 3.8) is 0 Å². The summed E-state index contributed by atoms with van der Waals surface area (Å²) in [6.07, 6.45) is 2.28. The van der Waals surface area contributed by atoms with Crippen molar-refractivity contribution >= 4 is 23.4 Å². The molecule has 0 fully saturated rings. The molecule has 1 aromatic heterocycles. The van der Waals surface area contributed by atoms with Crippen molar-refractivity contribution in [2.45, 2.75) is 24.9 Å². The van der Waals surface area contributed by atoms with E-state index >= 15 is 0 Å². The van der Waals surface area contributed by atoms with Crippen LogP contribution in [-0.4, -0.2) is 22.1 Å². The number of rotatable bonds is 5. The zero-order valence-corrected chi connectivity index (χ0v) is 13.1. The molecule has 7 heteroatoms. The van der Waals surface area contributed by atoms with Gasteiger partial charge in [0.2, 0.25) is 5.91 Å². The molecule has 0 saturated heterocycles. The topological polar surface area (TPSA) is 74.8 Å². The summed E-state index contributed by atoms with van der Waals surface area (Å²) in [4.78, 5) is 30.7. The lowest BCUT2D eigenvalue weighted by atomic mass is 10.1. The van der Waals surface area contributed by atoms with Gasteiger partial charge in [0.25, 0.3) is 5.56 Å². The van der Waals surface area contributed by atoms with Crippen LogP contribution in [0.2, 0.25) is 0 Å². The highest BCUT2D eigenvalue weighted by Crippen LogP contribution is 2.11. The molecular weight excluding hydrogens is 305 g/mol. The minimum atomic E-state index is -0.361. The molecule has 1 amide bonds. The molecule has 0 aliphatic rings. The number of hydrogen-bond donors (Lipinski definition) is 2. The molecule has 5 nitrogen and oxygen atoms in total. The Morgan fingerprint density at radius 3 is 2.64 bits per heavy atom. The van der Waals surface area contributed by atoms with Gasteiger partial charge in [-0.1, -0.05) is 11.8 Å². The van der Waals surface area contributed by atoms with Gasteiger partial charge in [0.1, 0.15) is 5.82 Å². The fourth-order valence-corrected chi connectivity index (χ4v) is 2.39. The monoisotopic (exact) mass is 321 g/mol. The smallest absolute Gasteiger partial charge is 0.254 e. The molecule has 22 heavy (non-hydrogen) atoms. The lowest BCUT2D eigenvalue weighted by Gasteiger charge is -2.07. The number of benzene rings is 1. The molecule has 0 spiro atoms. The molecule has 0 bridgehead atoms. The Morgan fingerprint density at radius 1 is 1.36 bits per heavy atom. The number of carbonyl (C=O) groups is 1. The predicted octanol–water partition coefficient (Wildman–Crippen LogP) is 2.51. The van der Waals surface area contributed by atoms with E-state index in [2.05, 4.69) is 15.3 Å². The normalized spacial score (nSPS) is 10.5. The van der Waals surface area contributed by atoms with Gasteiger partial charge in [-0.3, -0.25) is 9.59 Å². The van der Waals surface area contributed by atoms with Crippen LogP contribution < -0.4 is 10.9 Å². The Hall–Kier alpha value is -2.15. The number of amides is 1. The number of hydrogen-bond acceptors (Lipinski definition) is 4. The number of thioether (sulfide) groups is 1. The second kappa shape index (κ2) is 7.22. The zero-order valence-electron chi connectivity index (χ0n) is 12.3. The van der Waals surface area contributed by atoms with E-state index < -0.39 is 0 Å². The number of carbonyl (C=O) groups excluding carboxylic acids is 1. The second-order valence-electron chi connectivity index (χ2n) is 4.69. The summed E-state index contributed by atoms with van der Waals surface area (Å²) < 4.78 is 12.8. The molecule has 0 aliphatic heterocycles. The highest BCUT2D eigenvalue weighted by atomic mass is 32.2. The summed E-state index contributed by atoms with van der Waals surface area (Å²) >= 11 is 1.36. The molecule has 0 aliphatic carbocycles. The van der Waals surface area contributed by atoms with Crippen molar-refractivity contribution in [3.8, 4) is 0 Å². The molecular formula is C15H16FN3O2S. The molecule has 1 aromatic carbocycles. The number of nitrogens with one attached hydrogen (secondary N) is 2. The summed E-state index contributed by atoms with van der Waals surface area (Å²) in [6.45, 7) is 1.75. The Morgan fingerprint density at radius 2 is 2.05 bits per heavy atom. The molecule has 0 saturated carbocycles. The number of aryl methyl sites for hydroxylation is 1. The van der Waals surface area contributed by atoms with Crippen LogP contribution in [0.3, 0.4) is 0 Å². The first kappa shape index (κ1) is 16.2. The molecule has 0 unspecified atom stereocenters. The first-order valence-corrected chi connectivity index (χ1v) is 7.91. The predicted molar refractivity (Wildman–Crippen MR) is 84.7 cm³/mol. The van der Waals surface area contributed by atoms with Gasteiger partial charge in [-0.25, -0.2) is 9.37 Å². The average molecular weight is 321 g/mol. The number of anilines is 1. The SMILES string of the molecule is CSc1nc(C)c(CCC(=O)Nc2ccc(F)cc2)c(=O)[nH]1. The Kier molecular flexibility index (Phi) is 5.32. The maximum absolute atomic E-state index is 12.8. The summed E-state index contributed by atoms with van der Waals surface area (Å²) in [7, 11) is 0. The Balaban J connectivity index is 1.99. The van der Waals surface area contributed by atoms with Gasteiger partial charge in [0.15, 0.2) is 5.16 Å². The van der Waals surface area contributed by atoms with E-state index in [1.54, 1.807) is 6.92 Å². The fraction of sp³-hybridized carbons (Fsp3) is 0.267. The number of halogens is 1. The number of nitrogens with zero attached hydrogens (tertiary/aromatic N) is 1. The summed E-state index contributed by atoms with van der Waals surface area (Å²) in [5.41, 5.74) is 1.44. The van der Waals surface area contributed by atoms with Gasteiger partial charge in [-0.05, 0) is 43.9 Å². The fourth-order valence-electron chi connectivity index (χ4n) is 1.97. The zero-order chi connectivity index (χ0) is 16.1. The molecule has 2 rings (SSSR count). The van der Waals surface area contributed by atoms with E-state index in [0.29, 0.717) is 28.5 Å². The highest BCUT2D eigenvalue weighted by Gasteiger charge is 2.10. The number of aromatic nitrogens is 2. The molecule has 2 aromatic rings. The van der Waals surface area contributed by atoms with E-state index in [0.717, 1.165) is 0 Å². The van der Waals surface area contributed by atoms with Crippen molar-refractivity contribution in [3.05, 3.63) is 51.7 Å². The quantitative estimate of drug-likeness (QED) is 0.655. The molecule has 2 N–H and O–H groups in total. The van der Waals surface area contributed by atoms with Crippen LogP contribution in [0, 0.1) is 12.7 Å². The van der Waals surface area contributed by atoms with Crippen LogP contribution in [0.4, 0.5) is 10.1 Å². The number of aromatic amines is 1. The first-order valence-electron chi connectivity index (χ1n) is 6.69. The lowest BCUT2D eigenvalue weighted by Crippen LogP contribution is -2.20. The van der Waals surface area contributed by atoms with Gasteiger partial charge in [0.05, 0.1) is 0 Å². The van der Waals surface area contributed by atoms with Crippen molar-refractivity contribution in [1.82, 2.24) is 9.97 Å². The minimum Gasteiger partial charge on any atom is -0.326 e. The van der Waals surface area contributed by atoms with Crippen LogP contribution in [-0.2, 0) is 11.2 Å². The second-order valence-corrected chi connectivity index (χ2v) is 5.49. The molecule has 0 radical (unpaired) electrons. The Bertz CT molecular complexity index is 729. The standard InChI is InChI=1S/C15H16FN3O2S/c1-9-12(14(21)19-15(17-9)22-2)7-8-13(20)18-11-5-3-10(16)4-6-11/h3-6H,7-8H2,1-2H3,(H,18,20)(H,17,19,21). The van der Waals surface area contributed by atoms with Crippen molar-refractivity contribution in [2.24, 2.45) is 0 Å². The highest BCUT2D eigenvalue weighted by molar-refractivity contribution is 7.98. The van der Waals surface area contributed by atoms with Crippen molar-refractivity contribution in [2.75, 3.05) is 11.6 Å². The maximum atomic E-state index is 12.8. The van der Waals surface area contributed by atoms with Gasteiger partial charge in [0, 0.05) is 23.4 Å². The van der Waals surface area contributed by atoms with Crippen LogP contribution in [0.1, 0.15) is 17.7 Å². The van der Waals surface area contributed by atoms with E-state index in [9.17, 15) is 14.0 Å². The maximum Gasteiger partial charge on any atom is 0.254 e. The van der Waals surface area contributed by atoms with Crippen LogP contribution in [0.25, 0.3) is 0 Å². The molecule has 0 atom stereocenters. The third-order valence-corrected chi connectivity index (χ3v) is 3.70. The Labute approximate surface area is 131 Å². The first-order chi connectivity index (χ1) is 10.5. The van der Waals surface area contributed by atoms with Crippen LogP contribution >= 0.6 is 11.8 Å². The summed E-state index contributed by atoms with van der Waals surface area (Å²) in [5, 5.41) is 3.22. The van der Waals surface area contributed by atoms with Crippen LogP contribution in [0.15, 0.2) is 34.2 Å². The van der Waals surface area contributed by atoms with Crippen molar-refractivity contribution < 1.29 is 9.18 Å². The van der Waals surface area contributed by atoms with E-state index in [1.807, 2.05) is 6.26 Å². The van der Waals surface area contributed by atoms with Gasteiger partial charge in [-0.15, -0.1) is 0 Å². The largest absolute Gasteiger partial charge is 0.326 e. The third kappa shape index (κ3) is 4.17. The van der Waals surface area contributed by atoms with Crippen molar-refractivity contribution in [1.29, 1.82) is 0 Å². The van der Waals surface area contributed by atoms with E-state index in [-0.39, 0.29) is 23.7 Å². The third-order valence-electron chi connectivity index (χ3n) is 3.12. The summed E-state index contributed by atoms with van der Waals surface area (Å²) in [5.74, 6) is -0.598. The minimum absolute atomic E-state index is 0.154. The lowest BCUT2D eigenvalue weighted by molar-refractivity contribution is -0.116. The average Bonchev–Trinajstić information content (AvgIpc) is 2.48. The number of H-pyrrole nitrogens is 1. The van der Waals surface area contributed by atoms with Gasteiger partial charge >= 0.3 is 0 Å². The van der Waals surface area contributed by atoms with Gasteiger partial charge < -0.3 is 10.3 Å². The van der Waals surface area contributed by atoms with E-state index in [1.165, 1.54) is 36.0 Å². The molecule has 116 valence electrons. The van der Waals surface area contributed by atoms with Gasteiger partial charge in [-0.2, -0.15) is 0 Å². The summed E-state index contributed by atoms with van der Waals surface area (Å²) in [6, 6.07) is 5.52.